The third-order valence-electron chi connectivity index (χ3n) is 3.72. The van der Waals surface area contributed by atoms with Crippen molar-refractivity contribution in [3.8, 4) is 17.0 Å². The second-order valence-electron chi connectivity index (χ2n) is 7.63. The topological polar surface area (TPSA) is 33.1 Å². The fourth-order valence-corrected chi connectivity index (χ4v) is 2.36. The van der Waals surface area contributed by atoms with Crippen LogP contribution in [0.15, 0.2) is 36.5 Å². The first kappa shape index (κ1) is 15.6. The Morgan fingerprint density at radius 2 is 1.57 bits per heavy atom. The number of aromatic nitrogens is 1. The zero-order chi connectivity index (χ0) is 15.8. The minimum Gasteiger partial charge on any atom is -0.507 e. The molecular formula is C19H25NO. The smallest absolute Gasteiger partial charge is 0.128 e. The van der Waals surface area contributed by atoms with Gasteiger partial charge in [0.05, 0.1) is 5.69 Å². The molecule has 0 saturated carbocycles. The first-order valence-corrected chi connectivity index (χ1v) is 7.40. The van der Waals surface area contributed by atoms with E-state index < -0.39 is 0 Å². The molecule has 21 heavy (non-hydrogen) atoms. The molecule has 0 saturated heterocycles. The molecule has 1 aromatic heterocycles. The Kier molecular flexibility index (Phi) is 3.83. The predicted octanol–water partition coefficient (Wildman–Crippen LogP) is 5.05. The number of rotatable bonds is 1. The van der Waals surface area contributed by atoms with Crippen molar-refractivity contribution in [2.24, 2.45) is 0 Å². The van der Waals surface area contributed by atoms with E-state index in [0.717, 1.165) is 16.8 Å². The van der Waals surface area contributed by atoms with Crippen molar-refractivity contribution < 1.29 is 5.11 Å². The van der Waals surface area contributed by atoms with Gasteiger partial charge < -0.3 is 5.11 Å². The lowest BCUT2D eigenvalue weighted by Gasteiger charge is -2.27. The van der Waals surface area contributed by atoms with Gasteiger partial charge in [-0.15, -0.1) is 0 Å². The molecule has 0 spiro atoms. The fraction of sp³-hybridized carbons (Fsp3) is 0.421. The molecule has 2 heteroatoms. The van der Waals surface area contributed by atoms with Gasteiger partial charge in [-0.05, 0) is 34.6 Å². The van der Waals surface area contributed by atoms with Crippen LogP contribution in [0.1, 0.15) is 52.7 Å². The van der Waals surface area contributed by atoms with Crippen LogP contribution in [0.3, 0.4) is 0 Å². The van der Waals surface area contributed by atoms with E-state index in [1.54, 1.807) is 6.20 Å². The Hall–Kier alpha value is -1.83. The minimum atomic E-state index is -0.116. The Labute approximate surface area is 127 Å². The van der Waals surface area contributed by atoms with Gasteiger partial charge in [0.2, 0.25) is 0 Å². The van der Waals surface area contributed by atoms with Crippen molar-refractivity contribution in [2.75, 3.05) is 0 Å². The molecular weight excluding hydrogens is 258 g/mol. The average molecular weight is 283 g/mol. The Bertz CT molecular complexity index is 631. The van der Waals surface area contributed by atoms with Gasteiger partial charge in [0.1, 0.15) is 5.75 Å². The Morgan fingerprint density at radius 1 is 0.905 bits per heavy atom. The summed E-state index contributed by atoms with van der Waals surface area (Å²) in [4.78, 5) is 4.40. The average Bonchev–Trinajstić information content (AvgIpc) is 2.37. The predicted molar refractivity (Wildman–Crippen MR) is 88.7 cm³/mol. The number of phenolic OH excluding ortho intramolecular Hbond substituents is 1. The monoisotopic (exact) mass is 283 g/mol. The van der Waals surface area contributed by atoms with E-state index in [9.17, 15) is 5.11 Å². The minimum absolute atomic E-state index is 0.0250. The molecule has 2 rings (SSSR count). The van der Waals surface area contributed by atoms with Gasteiger partial charge in [-0.3, -0.25) is 4.98 Å². The number of aromatic hydroxyl groups is 1. The molecule has 0 fully saturated rings. The highest BCUT2D eigenvalue weighted by Gasteiger charge is 2.25. The molecule has 2 nitrogen and oxygen atoms in total. The van der Waals surface area contributed by atoms with E-state index >= 15 is 0 Å². The molecule has 2 aromatic rings. The van der Waals surface area contributed by atoms with Crippen molar-refractivity contribution in [2.45, 2.75) is 52.4 Å². The van der Waals surface area contributed by atoms with E-state index in [4.69, 9.17) is 0 Å². The van der Waals surface area contributed by atoms with Gasteiger partial charge >= 0.3 is 0 Å². The number of hydrogen-bond acceptors (Lipinski definition) is 2. The van der Waals surface area contributed by atoms with Gasteiger partial charge in [-0.2, -0.15) is 0 Å². The van der Waals surface area contributed by atoms with Gasteiger partial charge in [-0.25, -0.2) is 0 Å². The van der Waals surface area contributed by atoms with E-state index in [1.165, 1.54) is 5.56 Å². The van der Waals surface area contributed by atoms with Crippen LogP contribution < -0.4 is 0 Å². The third kappa shape index (κ3) is 3.26. The van der Waals surface area contributed by atoms with Crippen LogP contribution in [0.2, 0.25) is 0 Å². The van der Waals surface area contributed by atoms with E-state index in [1.807, 2.05) is 18.2 Å². The highest BCUT2D eigenvalue weighted by molar-refractivity contribution is 5.71. The molecule has 1 aromatic carbocycles. The summed E-state index contributed by atoms with van der Waals surface area (Å²) >= 11 is 0. The van der Waals surface area contributed by atoms with Crippen molar-refractivity contribution in [3.63, 3.8) is 0 Å². The Balaban J connectivity index is 2.76. The maximum atomic E-state index is 10.7. The third-order valence-corrected chi connectivity index (χ3v) is 3.72. The van der Waals surface area contributed by atoms with E-state index in [2.05, 4.69) is 58.7 Å². The molecule has 0 aliphatic heterocycles. The van der Waals surface area contributed by atoms with E-state index in [0.29, 0.717) is 5.75 Å². The normalized spacial score (nSPS) is 12.5. The highest BCUT2D eigenvalue weighted by Crippen LogP contribution is 2.41. The van der Waals surface area contributed by atoms with Crippen LogP contribution in [0.25, 0.3) is 11.3 Å². The lowest BCUT2D eigenvalue weighted by Crippen LogP contribution is -2.17. The number of pyridine rings is 1. The first-order chi connectivity index (χ1) is 9.60. The Morgan fingerprint density at radius 3 is 2.05 bits per heavy atom. The zero-order valence-electron chi connectivity index (χ0n) is 13.9. The maximum Gasteiger partial charge on any atom is 0.128 e. The summed E-state index contributed by atoms with van der Waals surface area (Å²) in [7, 11) is 0. The maximum absolute atomic E-state index is 10.7. The summed E-state index contributed by atoms with van der Waals surface area (Å²) in [5.74, 6) is 0.342. The molecule has 1 heterocycles. The quantitative estimate of drug-likeness (QED) is 0.794. The summed E-state index contributed by atoms with van der Waals surface area (Å²) < 4.78 is 0. The molecule has 0 aliphatic rings. The van der Waals surface area contributed by atoms with Crippen molar-refractivity contribution in [3.05, 3.63) is 47.7 Å². The lowest BCUT2D eigenvalue weighted by molar-refractivity contribution is 0.446. The fourth-order valence-electron chi connectivity index (χ4n) is 2.36. The first-order valence-electron chi connectivity index (χ1n) is 7.40. The van der Waals surface area contributed by atoms with Crippen LogP contribution in [0, 0.1) is 0 Å². The van der Waals surface area contributed by atoms with E-state index in [-0.39, 0.29) is 10.8 Å². The van der Waals surface area contributed by atoms with Crippen molar-refractivity contribution >= 4 is 0 Å². The molecule has 0 unspecified atom stereocenters. The highest BCUT2D eigenvalue weighted by atomic mass is 16.3. The molecule has 112 valence electrons. The van der Waals surface area contributed by atoms with Crippen molar-refractivity contribution in [1.29, 1.82) is 0 Å². The van der Waals surface area contributed by atoms with Crippen LogP contribution in [0.5, 0.6) is 5.75 Å². The molecule has 0 atom stereocenters. The summed E-state index contributed by atoms with van der Waals surface area (Å²) in [5.41, 5.74) is 3.72. The van der Waals surface area contributed by atoms with Crippen LogP contribution >= 0.6 is 0 Å². The SMILES string of the molecule is CC(C)(C)c1cc(-c2ccccn2)c(O)c(C(C)(C)C)c1. The summed E-state index contributed by atoms with van der Waals surface area (Å²) in [6.07, 6.45) is 1.76. The summed E-state index contributed by atoms with van der Waals surface area (Å²) in [6, 6.07) is 9.96. The standard InChI is InChI=1S/C19H25NO/c1-18(2,3)13-11-14(16-9-7-8-10-20-16)17(21)15(12-13)19(4,5)6/h7-12,21H,1-6H3. The molecule has 0 amide bonds. The van der Waals surface area contributed by atoms with Crippen LogP contribution in [-0.2, 0) is 10.8 Å². The van der Waals surface area contributed by atoms with Crippen molar-refractivity contribution in [1.82, 2.24) is 4.98 Å². The molecule has 0 bridgehead atoms. The number of phenols is 1. The van der Waals surface area contributed by atoms with Gasteiger partial charge in [0.25, 0.3) is 0 Å². The summed E-state index contributed by atoms with van der Waals surface area (Å²) in [5, 5.41) is 10.7. The van der Waals surface area contributed by atoms with Gasteiger partial charge in [0, 0.05) is 17.3 Å². The number of hydrogen-bond donors (Lipinski definition) is 1. The summed E-state index contributed by atoms with van der Waals surface area (Å²) in [6.45, 7) is 12.9. The second kappa shape index (κ2) is 5.18. The molecule has 1 N–H and O–H groups in total. The largest absolute Gasteiger partial charge is 0.507 e. The lowest BCUT2D eigenvalue weighted by atomic mass is 9.78. The molecule has 0 aliphatic carbocycles. The second-order valence-corrected chi connectivity index (χ2v) is 7.63. The van der Waals surface area contributed by atoms with Gasteiger partial charge in [0.15, 0.2) is 0 Å². The van der Waals surface area contributed by atoms with Crippen LogP contribution in [-0.4, -0.2) is 10.1 Å². The number of nitrogens with zero attached hydrogens (tertiary/aromatic N) is 1. The number of benzene rings is 1. The molecule has 0 radical (unpaired) electrons. The van der Waals surface area contributed by atoms with Gasteiger partial charge in [-0.1, -0.05) is 53.7 Å². The zero-order valence-corrected chi connectivity index (χ0v) is 13.9. The van der Waals surface area contributed by atoms with Crippen LogP contribution in [0.4, 0.5) is 0 Å².